The molecular weight excluding hydrogens is 264 g/mol. The van der Waals surface area contributed by atoms with Crippen molar-refractivity contribution in [3.8, 4) is 6.07 Å². The van der Waals surface area contributed by atoms with E-state index in [4.69, 9.17) is 11.0 Å². The van der Waals surface area contributed by atoms with E-state index in [1.54, 1.807) is 17.8 Å². The monoisotopic (exact) mass is 282 g/mol. The quantitative estimate of drug-likeness (QED) is 0.820. The first kappa shape index (κ1) is 14.5. The van der Waals surface area contributed by atoms with Crippen LogP contribution in [0.5, 0.6) is 0 Å². The molecular formula is C17H18N2S. The first-order chi connectivity index (χ1) is 9.41. The molecule has 2 N–H and O–H groups in total. The smallest absolute Gasteiger partial charge is 0.101 e. The van der Waals surface area contributed by atoms with E-state index in [-0.39, 0.29) is 5.41 Å². The van der Waals surface area contributed by atoms with Crippen LogP contribution in [0, 0.1) is 11.3 Å². The van der Waals surface area contributed by atoms with Crippen LogP contribution in [0.4, 0.5) is 5.69 Å². The number of nitrogen functional groups attached to an aromatic ring is 1. The largest absolute Gasteiger partial charge is 0.397 e. The molecule has 0 saturated heterocycles. The first-order valence-electron chi connectivity index (χ1n) is 6.49. The zero-order valence-electron chi connectivity index (χ0n) is 12.0. The van der Waals surface area contributed by atoms with E-state index >= 15 is 0 Å². The second-order valence-electron chi connectivity index (χ2n) is 5.71. The molecule has 2 aromatic rings. The molecule has 20 heavy (non-hydrogen) atoms. The normalized spacial score (nSPS) is 11.1. The predicted molar refractivity (Wildman–Crippen MR) is 84.8 cm³/mol. The molecule has 2 nitrogen and oxygen atoms in total. The molecule has 0 fully saturated rings. The van der Waals surface area contributed by atoms with Gasteiger partial charge in [-0.3, -0.25) is 0 Å². The van der Waals surface area contributed by atoms with Gasteiger partial charge in [-0.25, -0.2) is 0 Å². The Morgan fingerprint density at radius 1 is 1.05 bits per heavy atom. The molecule has 0 heterocycles. The summed E-state index contributed by atoms with van der Waals surface area (Å²) >= 11 is 1.59. The maximum absolute atomic E-state index is 9.00. The SMILES string of the molecule is CC(C)(C)c1ccc(Sc2cccc(C#N)c2N)cc1. The Hall–Kier alpha value is -1.92. The van der Waals surface area contributed by atoms with E-state index in [1.165, 1.54) is 5.56 Å². The Balaban J connectivity index is 2.26. The van der Waals surface area contributed by atoms with Crippen LogP contribution >= 0.6 is 11.8 Å². The fourth-order valence-electron chi connectivity index (χ4n) is 1.88. The van der Waals surface area contributed by atoms with Crippen molar-refractivity contribution < 1.29 is 0 Å². The minimum atomic E-state index is 0.156. The highest BCUT2D eigenvalue weighted by Crippen LogP contribution is 2.34. The van der Waals surface area contributed by atoms with Crippen molar-refractivity contribution in [1.29, 1.82) is 5.26 Å². The third kappa shape index (κ3) is 3.15. The van der Waals surface area contributed by atoms with Gasteiger partial charge < -0.3 is 5.73 Å². The van der Waals surface area contributed by atoms with Gasteiger partial charge in [0, 0.05) is 9.79 Å². The predicted octanol–water partition coefficient (Wildman–Crippen LogP) is 4.59. The summed E-state index contributed by atoms with van der Waals surface area (Å²) in [5, 5.41) is 9.00. The molecule has 0 aliphatic heterocycles. The summed E-state index contributed by atoms with van der Waals surface area (Å²) in [7, 11) is 0. The zero-order chi connectivity index (χ0) is 14.8. The number of hydrogen-bond donors (Lipinski definition) is 1. The second kappa shape index (κ2) is 5.60. The third-order valence-corrected chi connectivity index (χ3v) is 4.22. The molecule has 0 radical (unpaired) electrons. The van der Waals surface area contributed by atoms with Crippen molar-refractivity contribution in [1.82, 2.24) is 0 Å². The highest BCUT2D eigenvalue weighted by molar-refractivity contribution is 7.99. The van der Waals surface area contributed by atoms with Gasteiger partial charge in [-0.05, 0) is 35.2 Å². The van der Waals surface area contributed by atoms with Crippen molar-refractivity contribution >= 4 is 17.4 Å². The van der Waals surface area contributed by atoms with Crippen LogP contribution < -0.4 is 5.73 Å². The molecule has 0 atom stereocenters. The summed E-state index contributed by atoms with van der Waals surface area (Å²) in [6, 6.07) is 16.1. The van der Waals surface area contributed by atoms with Crippen LogP contribution in [0.15, 0.2) is 52.3 Å². The lowest BCUT2D eigenvalue weighted by atomic mass is 9.87. The molecule has 0 aromatic heterocycles. The Bertz CT molecular complexity index is 646. The van der Waals surface area contributed by atoms with Gasteiger partial charge in [-0.15, -0.1) is 0 Å². The Kier molecular flexibility index (Phi) is 4.06. The molecule has 0 aliphatic carbocycles. The summed E-state index contributed by atoms with van der Waals surface area (Å²) in [5.41, 5.74) is 8.54. The van der Waals surface area contributed by atoms with Crippen LogP contribution in [0.2, 0.25) is 0 Å². The second-order valence-corrected chi connectivity index (χ2v) is 6.82. The van der Waals surface area contributed by atoms with Crippen molar-refractivity contribution in [2.75, 3.05) is 5.73 Å². The molecule has 0 spiro atoms. The van der Waals surface area contributed by atoms with E-state index < -0.39 is 0 Å². The van der Waals surface area contributed by atoms with Gasteiger partial charge in [0.15, 0.2) is 0 Å². The number of para-hydroxylation sites is 1. The van der Waals surface area contributed by atoms with Gasteiger partial charge in [-0.1, -0.05) is 50.7 Å². The third-order valence-electron chi connectivity index (χ3n) is 3.13. The topological polar surface area (TPSA) is 49.8 Å². The van der Waals surface area contributed by atoms with Crippen molar-refractivity contribution in [3.05, 3.63) is 53.6 Å². The fourth-order valence-corrected chi connectivity index (χ4v) is 2.77. The molecule has 3 heteroatoms. The summed E-state index contributed by atoms with van der Waals surface area (Å²) in [4.78, 5) is 2.05. The summed E-state index contributed by atoms with van der Waals surface area (Å²) in [5.74, 6) is 0. The molecule has 0 amide bonds. The number of hydrogen-bond acceptors (Lipinski definition) is 3. The molecule has 0 unspecified atom stereocenters. The van der Waals surface area contributed by atoms with Gasteiger partial charge in [-0.2, -0.15) is 5.26 Å². The zero-order valence-corrected chi connectivity index (χ0v) is 12.8. The molecule has 2 aromatic carbocycles. The van der Waals surface area contributed by atoms with Crippen molar-refractivity contribution in [2.45, 2.75) is 36.0 Å². The average Bonchev–Trinajstić information content (AvgIpc) is 2.41. The summed E-state index contributed by atoms with van der Waals surface area (Å²) in [6.45, 7) is 6.59. The highest BCUT2D eigenvalue weighted by atomic mass is 32.2. The van der Waals surface area contributed by atoms with Gasteiger partial charge in [0.05, 0.1) is 11.3 Å². The number of nitrogens with zero attached hydrogens (tertiary/aromatic N) is 1. The van der Waals surface area contributed by atoms with Crippen molar-refractivity contribution in [3.63, 3.8) is 0 Å². The molecule has 0 aliphatic rings. The van der Waals surface area contributed by atoms with E-state index in [0.29, 0.717) is 11.3 Å². The molecule has 2 rings (SSSR count). The van der Waals surface area contributed by atoms with Gasteiger partial charge in [0.1, 0.15) is 6.07 Å². The minimum absolute atomic E-state index is 0.156. The lowest BCUT2D eigenvalue weighted by molar-refractivity contribution is 0.590. The van der Waals surface area contributed by atoms with Crippen LogP contribution in [-0.2, 0) is 5.41 Å². The number of benzene rings is 2. The first-order valence-corrected chi connectivity index (χ1v) is 7.30. The number of rotatable bonds is 2. The molecule has 102 valence electrons. The van der Waals surface area contributed by atoms with E-state index in [9.17, 15) is 0 Å². The lowest BCUT2D eigenvalue weighted by Crippen LogP contribution is -2.10. The van der Waals surface area contributed by atoms with E-state index in [2.05, 4.69) is 51.1 Å². The summed E-state index contributed by atoms with van der Waals surface area (Å²) < 4.78 is 0. The van der Waals surface area contributed by atoms with Crippen LogP contribution in [0.1, 0.15) is 31.9 Å². The Morgan fingerprint density at radius 2 is 1.70 bits per heavy atom. The van der Waals surface area contributed by atoms with Crippen molar-refractivity contribution in [2.24, 2.45) is 0 Å². The van der Waals surface area contributed by atoms with Gasteiger partial charge in [0.25, 0.3) is 0 Å². The standard InChI is InChI=1S/C17H18N2S/c1-17(2,3)13-7-9-14(10-8-13)20-15-6-4-5-12(11-18)16(15)19/h4-10H,19H2,1-3H3. The van der Waals surface area contributed by atoms with Crippen LogP contribution in [-0.4, -0.2) is 0 Å². The number of nitriles is 1. The van der Waals surface area contributed by atoms with Gasteiger partial charge in [0.2, 0.25) is 0 Å². The number of nitrogens with two attached hydrogens (primary N) is 1. The van der Waals surface area contributed by atoms with E-state index in [0.717, 1.165) is 9.79 Å². The van der Waals surface area contributed by atoms with E-state index in [1.807, 2.05) is 12.1 Å². The summed E-state index contributed by atoms with van der Waals surface area (Å²) in [6.07, 6.45) is 0. The average molecular weight is 282 g/mol. The fraction of sp³-hybridized carbons (Fsp3) is 0.235. The lowest BCUT2D eigenvalue weighted by Gasteiger charge is -2.19. The maximum atomic E-state index is 9.00. The minimum Gasteiger partial charge on any atom is -0.397 e. The Morgan fingerprint density at radius 3 is 2.25 bits per heavy atom. The maximum Gasteiger partial charge on any atom is 0.101 e. The molecule has 0 bridgehead atoms. The number of anilines is 1. The highest BCUT2D eigenvalue weighted by Gasteiger charge is 2.13. The van der Waals surface area contributed by atoms with Crippen LogP contribution in [0.25, 0.3) is 0 Å². The Labute approximate surface area is 124 Å². The molecule has 0 saturated carbocycles. The van der Waals surface area contributed by atoms with Crippen LogP contribution in [0.3, 0.4) is 0 Å². The van der Waals surface area contributed by atoms with Gasteiger partial charge >= 0.3 is 0 Å².